The van der Waals surface area contributed by atoms with Gasteiger partial charge in [0, 0.05) is 18.6 Å². The first-order valence-corrected chi connectivity index (χ1v) is 8.19. The average molecular weight is 282 g/mol. The van der Waals surface area contributed by atoms with Crippen molar-refractivity contribution in [2.75, 3.05) is 0 Å². The fraction of sp³-hybridized carbons (Fsp3) is 0.571. The molecule has 0 saturated carbocycles. The summed E-state index contributed by atoms with van der Waals surface area (Å²) < 4.78 is 27.6. The topological polar surface area (TPSA) is 58.2 Å². The third kappa shape index (κ3) is 3.35. The Morgan fingerprint density at radius 3 is 2.63 bits per heavy atom. The Bertz CT molecular complexity index is 565. The zero-order chi connectivity index (χ0) is 14.1. The molecule has 0 spiro atoms. The van der Waals surface area contributed by atoms with E-state index >= 15 is 0 Å². The minimum absolute atomic E-state index is 0.360. The molecule has 5 heteroatoms. The van der Waals surface area contributed by atoms with E-state index in [0.717, 1.165) is 31.5 Å². The summed E-state index contributed by atoms with van der Waals surface area (Å²) in [4.78, 5) is 0.360. The van der Waals surface area contributed by atoms with Crippen molar-refractivity contribution in [2.45, 2.75) is 57.1 Å². The smallest absolute Gasteiger partial charge is 0.241 e. The molecule has 1 aromatic rings. The Morgan fingerprint density at radius 2 is 1.95 bits per heavy atom. The summed E-state index contributed by atoms with van der Waals surface area (Å²) in [5.41, 5.74) is 1.85. The number of sulfonamides is 1. The summed E-state index contributed by atoms with van der Waals surface area (Å²) in [6, 6.07) is 5.37. The van der Waals surface area contributed by atoms with Crippen LogP contribution in [0.2, 0.25) is 0 Å². The van der Waals surface area contributed by atoms with Crippen molar-refractivity contribution in [2.24, 2.45) is 0 Å². The molecule has 4 nitrogen and oxygen atoms in total. The number of fused-ring (bicyclic) bond motifs is 1. The van der Waals surface area contributed by atoms with Crippen LogP contribution in [0.15, 0.2) is 23.1 Å². The first-order valence-electron chi connectivity index (χ1n) is 6.70. The fourth-order valence-corrected chi connectivity index (χ4v) is 4.03. The summed E-state index contributed by atoms with van der Waals surface area (Å²) in [5, 5.41) is 3.22. The molecule has 2 rings (SSSR count). The Morgan fingerprint density at radius 1 is 1.26 bits per heavy atom. The predicted octanol–water partition coefficient (Wildman–Crippen LogP) is 2.15. The highest BCUT2D eigenvalue weighted by Gasteiger charge is 2.26. The molecule has 0 aromatic heterocycles. The highest BCUT2D eigenvalue weighted by molar-refractivity contribution is 7.89. The second kappa shape index (κ2) is 5.23. The van der Waals surface area contributed by atoms with Gasteiger partial charge in [-0.3, -0.25) is 0 Å². The van der Waals surface area contributed by atoms with E-state index in [1.807, 2.05) is 19.9 Å². The second-order valence-electron chi connectivity index (χ2n) is 5.77. The molecule has 0 amide bonds. The predicted molar refractivity (Wildman–Crippen MR) is 76.3 cm³/mol. The Hall–Kier alpha value is -0.910. The van der Waals surface area contributed by atoms with Crippen LogP contribution < -0.4 is 10.0 Å². The van der Waals surface area contributed by atoms with E-state index in [9.17, 15) is 8.42 Å². The van der Waals surface area contributed by atoms with Crippen molar-refractivity contribution in [1.82, 2.24) is 10.0 Å². The molecule has 1 aliphatic heterocycles. The lowest BCUT2D eigenvalue weighted by Crippen LogP contribution is -2.43. The first-order chi connectivity index (χ1) is 8.84. The van der Waals surface area contributed by atoms with E-state index in [4.69, 9.17) is 0 Å². The van der Waals surface area contributed by atoms with E-state index in [2.05, 4.69) is 17.0 Å². The molecular weight excluding hydrogens is 260 g/mol. The van der Waals surface area contributed by atoms with Crippen LogP contribution in [0, 0.1) is 0 Å². The van der Waals surface area contributed by atoms with Crippen LogP contribution in [0.1, 0.15) is 44.7 Å². The minimum atomic E-state index is -3.44. The third-order valence-electron chi connectivity index (χ3n) is 3.40. The monoisotopic (exact) mass is 282 g/mol. The van der Waals surface area contributed by atoms with Gasteiger partial charge in [-0.25, -0.2) is 13.1 Å². The lowest BCUT2D eigenvalue weighted by molar-refractivity contribution is 0.417. The van der Waals surface area contributed by atoms with E-state index in [-0.39, 0.29) is 0 Å². The number of nitrogens with one attached hydrogen (secondary N) is 2. The van der Waals surface area contributed by atoms with Gasteiger partial charge >= 0.3 is 0 Å². The van der Waals surface area contributed by atoms with Crippen LogP contribution in [0.3, 0.4) is 0 Å². The number of hydrogen-bond donors (Lipinski definition) is 2. The number of benzene rings is 1. The highest BCUT2D eigenvalue weighted by Crippen LogP contribution is 2.22. The average Bonchev–Trinajstić information content (AvgIpc) is 2.73. The summed E-state index contributed by atoms with van der Waals surface area (Å²) in [6.45, 7) is 7.46. The standard InChI is InChI=1S/C14H22N2O2S/c1-4-7-14(2,3)16-19(17,18)13-6-5-11-9-15-10-12(11)8-13/h5-6,8,15-16H,4,7,9-10H2,1-3H3. The van der Waals surface area contributed by atoms with Crippen LogP contribution >= 0.6 is 0 Å². The van der Waals surface area contributed by atoms with Gasteiger partial charge in [-0.1, -0.05) is 19.4 Å². The largest absolute Gasteiger partial charge is 0.309 e. The van der Waals surface area contributed by atoms with Crippen molar-refractivity contribution >= 4 is 10.0 Å². The maximum atomic E-state index is 12.4. The van der Waals surface area contributed by atoms with Gasteiger partial charge in [0.25, 0.3) is 0 Å². The molecule has 0 unspecified atom stereocenters. The summed E-state index contributed by atoms with van der Waals surface area (Å²) in [7, 11) is -3.44. The maximum absolute atomic E-state index is 12.4. The molecule has 2 N–H and O–H groups in total. The fourth-order valence-electron chi connectivity index (χ4n) is 2.54. The van der Waals surface area contributed by atoms with Gasteiger partial charge in [-0.2, -0.15) is 0 Å². The van der Waals surface area contributed by atoms with E-state index in [0.29, 0.717) is 4.90 Å². The van der Waals surface area contributed by atoms with Gasteiger partial charge < -0.3 is 5.32 Å². The molecule has 0 fully saturated rings. The van der Waals surface area contributed by atoms with E-state index in [1.54, 1.807) is 12.1 Å². The molecule has 0 radical (unpaired) electrons. The normalized spacial score (nSPS) is 15.5. The first kappa shape index (κ1) is 14.5. The molecule has 0 atom stereocenters. The molecule has 1 aromatic carbocycles. The molecular formula is C14H22N2O2S. The molecule has 0 bridgehead atoms. The zero-order valence-electron chi connectivity index (χ0n) is 11.8. The minimum Gasteiger partial charge on any atom is -0.309 e. The van der Waals surface area contributed by atoms with Gasteiger partial charge in [0.2, 0.25) is 10.0 Å². The SMILES string of the molecule is CCCC(C)(C)NS(=O)(=O)c1ccc2c(c1)CNC2. The van der Waals surface area contributed by atoms with Gasteiger partial charge in [0.05, 0.1) is 4.90 Å². The van der Waals surface area contributed by atoms with Crippen molar-refractivity contribution in [3.63, 3.8) is 0 Å². The van der Waals surface area contributed by atoms with Crippen LogP contribution in [-0.4, -0.2) is 14.0 Å². The molecule has 19 heavy (non-hydrogen) atoms. The quantitative estimate of drug-likeness (QED) is 0.870. The van der Waals surface area contributed by atoms with Crippen LogP contribution in [0.4, 0.5) is 0 Å². The van der Waals surface area contributed by atoms with Gasteiger partial charge in [0.1, 0.15) is 0 Å². The molecule has 1 heterocycles. The van der Waals surface area contributed by atoms with Crippen LogP contribution in [-0.2, 0) is 23.1 Å². The number of hydrogen-bond acceptors (Lipinski definition) is 3. The second-order valence-corrected chi connectivity index (χ2v) is 7.46. The van der Waals surface area contributed by atoms with Crippen molar-refractivity contribution in [1.29, 1.82) is 0 Å². The van der Waals surface area contributed by atoms with Crippen molar-refractivity contribution in [3.05, 3.63) is 29.3 Å². The summed E-state index contributed by atoms with van der Waals surface area (Å²) in [5.74, 6) is 0. The van der Waals surface area contributed by atoms with Crippen LogP contribution in [0.5, 0.6) is 0 Å². The van der Waals surface area contributed by atoms with Gasteiger partial charge in [0.15, 0.2) is 0 Å². The van der Waals surface area contributed by atoms with Gasteiger partial charge in [-0.15, -0.1) is 0 Å². The molecule has 106 valence electrons. The van der Waals surface area contributed by atoms with Crippen molar-refractivity contribution in [3.8, 4) is 0 Å². The van der Waals surface area contributed by atoms with E-state index in [1.165, 1.54) is 5.56 Å². The summed E-state index contributed by atoms with van der Waals surface area (Å²) >= 11 is 0. The lowest BCUT2D eigenvalue weighted by atomic mass is 10.0. The van der Waals surface area contributed by atoms with Crippen molar-refractivity contribution < 1.29 is 8.42 Å². The van der Waals surface area contributed by atoms with E-state index < -0.39 is 15.6 Å². The third-order valence-corrected chi connectivity index (χ3v) is 5.10. The maximum Gasteiger partial charge on any atom is 0.241 e. The molecule has 1 aliphatic rings. The molecule has 0 aliphatic carbocycles. The zero-order valence-corrected chi connectivity index (χ0v) is 12.6. The Kier molecular flexibility index (Phi) is 3.99. The molecule has 0 saturated heterocycles. The Balaban J connectivity index is 2.25. The summed E-state index contributed by atoms with van der Waals surface area (Å²) in [6.07, 6.45) is 1.77. The van der Waals surface area contributed by atoms with Gasteiger partial charge in [-0.05, 0) is 43.5 Å². The Labute approximate surface area is 115 Å². The number of rotatable bonds is 5. The highest BCUT2D eigenvalue weighted by atomic mass is 32.2. The van der Waals surface area contributed by atoms with Crippen LogP contribution in [0.25, 0.3) is 0 Å². The lowest BCUT2D eigenvalue weighted by Gasteiger charge is -2.25.